The second-order valence-corrected chi connectivity index (χ2v) is 7.30. The summed E-state index contributed by atoms with van der Waals surface area (Å²) in [5.41, 5.74) is 0. The molecule has 2 N–H and O–H groups in total. The summed E-state index contributed by atoms with van der Waals surface area (Å²) in [6.45, 7) is 1.95. The van der Waals surface area contributed by atoms with Crippen molar-refractivity contribution in [1.29, 1.82) is 0 Å². The van der Waals surface area contributed by atoms with E-state index in [1.54, 1.807) is 0 Å². The van der Waals surface area contributed by atoms with Gasteiger partial charge in [-0.2, -0.15) is 0 Å². The fraction of sp³-hybridized carbons (Fsp3) is 0.500. The van der Waals surface area contributed by atoms with Crippen LogP contribution in [0, 0.1) is 17.6 Å². The Morgan fingerprint density at radius 2 is 1.95 bits per heavy atom. The predicted molar refractivity (Wildman–Crippen MR) is 74.8 cm³/mol. The topological polar surface area (TPSA) is 58.2 Å². The third kappa shape index (κ3) is 3.75. The quantitative estimate of drug-likeness (QED) is 0.854. The summed E-state index contributed by atoms with van der Waals surface area (Å²) in [4.78, 5) is -0.548. The summed E-state index contributed by atoms with van der Waals surface area (Å²) in [6, 6.07) is 1.49. The minimum Gasteiger partial charge on any atom is -0.317 e. The van der Waals surface area contributed by atoms with Crippen molar-refractivity contribution in [3.63, 3.8) is 0 Å². The number of benzene rings is 1. The average Bonchev–Trinajstić information content (AvgIpc) is 2.36. The van der Waals surface area contributed by atoms with Crippen LogP contribution in [0.3, 0.4) is 0 Å². The maximum atomic E-state index is 13.7. The number of sulfonamides is 1. The molecule has 1 aliphatic rings. The van der Waals surface area contributed by atoms with E-state index in [1.807, 2.05) is 0 Å². The Kier molecular flexibility index (Phi) is 5.11. The Balaban J connectivity index is 2.14. The van der Waals surface area contributed by atoms with E-state index in [9.17, 15) is 17.2 Å². The number of piperidine rings is 1. The maximum absolute atomic E-state index is 13.7. The first-order chi connectivity index (χ1) is 9.40. The third-order valence-corrected chi connectivity index (χ3v) is 5.64. The first-order valence-corrected chi connectivity index (χ1v) is 8.52. The van der Waals surface area contributed by atoms with E-state index in [-0.39, 0.29) is 16.9 Å². The smallest absolute Gasteiger partial charge is 0.244 e. The lowest BCUT2D eigenvalue weighted by Gasteiger charge is -2.22. The van der Waals surface area contributed by atoms with E-state index in [2.05, 4.69) is 26.0 Å². The van der Waals surface area contributed by atoms with Crippen LogP contribution in [0.25, 0.3) is 0 Å². The van der Waals surface area contributed by atoms with Crippen LogP contribution in [0.15, 0.2) is 21.5 Å². The second-order valence-electron chi connectivity index (χ2n) is 4.74. The first kappa shape index (κ1) is 15.8. The first-order valence-electron chi connectivity index (χ1n) is 6.25. The molecular formula is C12H15BrF2N2O2S. The fourth-order valence-electron chi connectivity index (χ4n) is 2.17. The van der Waals surface area contributed by atoms with Crippen LogP contribution in [-0.4, -0.2) is 28.1 Å². The van der Waals surface area contributed by atoms with Crippen molar-refractivity contribution in [2.24, 2.45) is 5.92 Å². The molecule has 0 bridgehead atoms. The van der Waals surface area contributed by atoms with Crippen LogP contribution in [0.1, 0.15) is 12.8 Å². The molecule has 0 spiro atoms. The van der Waals surface area contributed by atoms with E-state index in [0.29, 0.717) is 6.07 Å². The fourth-order valence-corrected chi connectivity index (χ4v) is 4.45. The average molecular weight is 369 g/mol. The zero-order valence-corrected chi connectivity index (χ0v) is 13.0. The summed E-state index contributed by atoms with van der Waals surface area (Å²) in [6.07, 6.45) is 1.74. The van der Waals surface area contributed by atoms with E-state index < -0.39 is 26.6 Å². The van der Waals surface area contributed by atoms with Gasteiger partial charge in [0.05, 0.1) is 0 Å². The van der Waals surface area contributed by atoms with Crippen LogP contribution in [-0.2, 0) is 10.0 Å². The highest BCUT2D eigenvalue weighted by Crippen LogP contribution is 2.26. The summed E-state index contributed by atoms with van der Waals surface area (Å²) < 4.78 is 53.2. The molecule has 4 nitrogen and oxygen atoms in total. The van der Waals surface area contributed by atoms with Crippen molar-refractivity contribution in [2.45, 2.75) is 17.7 Å². The van der Waals surface area contributed by atoms with E-state index >= 15 is 0 Å². The molecule has 1 aromatic carbocycles. The molecule has 1 saturated heterocycles. The molecule has 20 heavy (non-hydrogen) atoms. The Morgan fingerprint density at radius 3 is 2.55 bits per heavy atom. The highest BCUT2D eigenvalue weighted by molar-refractivity contribution is 9.10. The molecule has 1 fully saturated rings. The van der Waals surface area contributed by atoms with Crippen LogP contribution >= 0.6 is 15.9 Å². The summed E-state index contributed by atoms with van der Waals surface area (Å²) in [5, 5.41) is 3.18. The monoisotopic (exact) mass is 368 g/mol. The second kappa shape index (κ2) is 6.46. The zero-order valence-electron chi connectivity index (χ0n) is 10.6. The Morgan fingerprint density at radius 1 is 1.30 bits per heavy atom. The summed E-state index contributed by atoms with van der Waals surface area (Å²) >= 11 is 2.89. The summed E-state index contributed by atoms with van der Waals surface area (Å²) in [7, 11) is -4.00. The minimum atomic E-state index is -4.00. The predicted octanol–water partition coefficient (Wildman–Crippen LogP) is 2.01. The van der Waals surface area contributed by atoms with Crippen molar-refractivity contribution in [1.82, 2.24) is 10.0 Å². The van der Waals surface area contributed by atoms with Gasteiger partial charge in [0.15, 0.2) is 0 Å². The van der Waals surface area contributed by atoms with Crippen LogP contribution < -0.4 is 10.0 Å². The number of rotatable bonds is 4. The van der Waals surface area contributed by atoms with Crippen LogP contribution in [0.5, 0.6) is 0 Å². The van der Waals surface area contributed by atoms with Crippen molar-refractivity contribution < 1.29 is 17.2 Å². The molecule has 0 atom stereocenters. The highest BCUT2D eigenvalue weighted by atomic mass is 79.9. The van der Waals surface area contributed by atoms with E-state index in [1.165, 1.54) is 0 Å². The highest BCUT2D eigenvalue weighted by Gasteiger charge is 2.25. The number of halogens is 3. The molecule has 1 aromatic rings. The lowest BCUT2D eigenvalue weighted by molar-refractivity contribution is 0.372. The molecule has 0 aromatic heterocycles. The van der Waals surface area contributed by atoms with Crippen molar-refractivity contribution >= 4 is 26.0 Å². The molecular weight excluding hydrogens is 354 g/mol. The van der Waals surface area contributed by atoms with Gasteiger partial charge in [0.2, 0.25) is 10.0 Å². The van der Waals surface area contributed by atoms with Gasteiger partial charge in [-0.3, -0.25) is 0 Å². The molecule has 0 aliphatic carbocycles. The van der Waals surface area contributed by atoms with Gasteiger partial charge in [-0.05, 0) is 53.8 Å². The van der Waals surface area contributed by atoms with E-state index in [0.717, 1.165) is 32.0 Å². The van der Waals surface area contributed by atoms with Gasteiger partial charge in [-0.15, -0.1) is 0 Å². The molecule has 2 rings (SSSR count). The Hall–Kier alpha value is -0.570. The van der Waals surface area contributed by atoms with Gasteiger partial charge in [-0.1, -0.05) is 0 Å². The van der Waals surface area contributed by atoms with Crippen molar-refractivity contribution in [2.75, 3.05) is 19.6 Å². The number of hydrogen-bond donors (Lipinski definition) is 2. The lowest BCUT2D eigenvalue weighted by atomic mass is 9.99. The zero-order chi connectivity index (χ0) is 14.8. The van der Waals surface area contributed by atoms with Gasteiger partial charge >= 0.3 is 0 Å². The molecule has 0 radical (unpaired) electrons. The molecule has 1 heterocycles. The molecule has 0 unspecified atom stereocenters. The standard InChI is InChI=1S/C12H15BrF2N2O2S/c13-10-5-9(14)6-11(15)12(10)20(18,19)17-7-8-1-3-16-4-2-8/h5-6,8,16-17H,1-4,7H2. The molecule has 112 valence electrons. The van der Waals surface area contributed by atoms with Gasteiger partial charge in [0.1, 0.15) is 16.5 Å². The SMILES string of the molecule is O=S(=O)(NCC1CCNCC1)c1c(F)cc(F)cc1Br. The molecule has 8 heteroatoms. The third-order valence-electron chi connectivity index (χ3n) is 3.25. The van der Waals surface area contributed by atoms with E-state index in [4.69, 9.17) is 0 Å². The van der Waals surface area contributed by atoms with Gasteiger partial charge in [0.25, 0.3) is 0 Å². The van der Waals surface area contributed by atoms with Crippen molar-refractivity contribution in [3.05, 3.63) is 28.2 Å². The van der Waals surface area contributed by atoms with Gasteiger partial charge < -0.3 is 5.32 Å². The Labute approximate surface area is 125 Å². The molecule has 0 saturated carbocycles. The van der Waals surface area contributed by atoms with Crippen LogP contribution in [0.2, 0.25) is 0 Å². The molecule has 1 aliphatic heterocycles. The minimum absolute atomic E-state index is 0.118. The molecule has 0 amide bonds. The van der Waals surface area contributed by atoms with Crippen molar-refractivity contribution in [3.8, 4) is 0 Å². The van der Waals surface area contributed by atoms with Gasteiger partial charge in [0, 0.05) is 17.1 Å². The maximum Gasteiger partial charge on any atom is 0.244 e. The number of nitrogens with one attached hydrogen (secondary N) is 2. The van der Waals surface area contributed by atoms with Crippen LogP contribution in [0.4, 0.5) is 8.78 Å². The normalized spacial score (nSPS) is 17.4. The Bertz CT molecular complexity index is 566. The number of hydrogen-bond acceptors (Lipinski definition) is 3. The largest absolute Gasteiger partial charge is 0.317 e. The lowest BCUT2D eigenvalue weighted by Crippen LogP contribution is -2.36. The summed E-state index contributed by atoms with van der Waals surface area (Å²) in [5.74, 6) is -1.70. The van der Waals surface area contributed by atoms with Gasteiger partial charge in [-0.25, -0.2) is 21.9 Å².